The second kappa shape index (κ2) is 6.74. The standard InChI is InChI=1S/C23H24N4S/c1-15-14-19(16(2)26(15)18-11-12-18)22-21(20-10-6-7-13-24-20)25-23(28)27(22)17-8-4-3-5-9-17/h3-10,13-14,18,21-22H,11-12H2,1-2H3,(H,25,28)/t21-,22-/m1/s1. The van der Waals surface area contributed by atoms with Crippen LogP contribution < -0.4 is 10.2 Å². The molecule has 2 aromatic heterocycles. The van der Waals surface area contributed by atoms with E-state index in [-0.39, 0.29) is 12.1 Å². The van der Waals surface area contributed by atoms with E-state index in [1.54, 1.807) is 0 Å². The van der Waals surface area contributed by atoms with Gasteiger partial charge >= 0.3 is 0 Å². The molecule has 0 bridgehead atoms. The van der Waals surface area contributed by atoms with Crippen molar-refractivity contribution in [2.45, 2.75) is 44.8 Å². The van der Waals surface area contributed by atoms with Crippen LogP contribution in [-0.4, -0.2) is 14.7 Å². The van der Waals surface area contributed by atoms with Crippen LogP contribution in [0.15, 0.2) is 60.8 Å². The molecule has 1 N–H and O–H groups in total. The van der Waals surface area contributed by atoms with Crippen LogP contribution in [0.5, 0.6) is 0 Å². The predicted octanol–water partition coefficient (Wildman–Crippen LogP) is 5.01. The van der Waals surface area contributed by atoms with E-state index in [0.717, 1.165) is 16.5 Å². The van der Waals surface area contributed by atoms with E-state index in [1.165, 1.54) is 29.8 Å². The molecule has 1 aromatic carbocycles. The van der Waals surface area contributed by atoms with E-state index in [4.69, 9.17) is 12.2 Å². The third-order valence-electron chi connectivity index (χ3n) is 5.89. The van der Waals surface area contributed by atoms with Gasteiger partial charge in [-0.1, -0.05) is 24.3 Å². The number of aryl methyl sites for hydroxylation is 1. The molecule has 28 heavy (non-hydrogen) atoms. The number of nitrogens with zero attached hydrogens (tertiary/aromatic N) is 3. The molecule has 3 heterocycles. The number of anilines is 1. The SMILES string of the molecule is Cc1cc([C@@H]2[C@@H](c3ccccn3)NC(=S)N2c2ccccc2)c(C)n1C1CC1. The van der Waals surface area contributed by atoms with Gasteiger partial charge in [-0.3, -0.25) is 4.98 Å². The lowest BCUT2D eigenvalue weighted by Crippen LogP contribution is -2.29. The van der Waals surface area contributed by atoms with Crippen LogP contribution in [0.3, 0.4) is 0 Å². The second-order valence-electron chi connectivity index (χ2n) is 7.76. The molecule has 2 aliphatic rings. The smallest absolute Gasteiger partial charge is 0.174 e. The van der Waals surface area contributed by atoms with Gasteiger partial charge in [-0.15, -0.1) is 0 Å². The normalized spacial score (nSPS) is 21.8. The Morgan fingerprint density at radius 2 is 1.79 bits per heavy atom. The summed E-state index contributed by atoms with van der Waals surface area (Å²) >= 11 is 5.80. The zero-order valence-electron chi connectivity index (χ0n) is 16.2. The summed E-state index contributed by atoms with van der Waals surface area (Å²) in [6, 6.07) is 19.6. The lowest BCUT2D eigenvalue weighted by molar-refractivity contribution is 0.562. The summed E-state index contributed by atoms with van der Waals surface area (Å²) < 4.78 is 2.51. The molecule has 0 unspecified atom stereocenters. The van der Waals surface area contributed by atoms with Gasteiger partial charge in [0.05, 0.1) is 17.8 Å². The molecule has 5 heteroatoms. The third kappa shape index (κ3) is 2.81. The fourth-order valence-corrected chi connectivity index (χ4v) is 4.88. The largest absolute Gasteiger partial charge is 0.351 e. The number of thiocarbonyl (C=S) groups is 1. The van der Waals surface area contributed by atoms with Gasteiger partial charge in [0.15, 0.2) is 5.11 Å². The molecule has 1 aliphatic heterocycles. The average Bonchev–Trinajstić information content (AvgIpc) is 3.42. The van der Waals surface area contributed by atoms with Crippen molar-refractivity contribution in [3.8, 4) is 0 Å². The van der Waals surface area contributed by atoms with Gasteiger partial charge in [-0.05, 0) is 74.8 Å². The van der Waals surface area contributed by atoms with Crippen LogP contribution in [0.2, 0.25) is 0 Å². The Bertz CT molecular complexity index is 1010. The monoisotopic (exact) mass is 388 g/mol. The van der Waals surface area contributed by atoms with E-state index < -0.39 is 0 Å². The summed E-state index contributed by atoms with van der Waals surface area (Å²) in [6.45, 7) is 4.47. The first-order chi connectivity index (χ1) is 13.6. The van der Waals surface area contributed by atoms with Crippen molar-refractivity contribution in [3.63, 3.8) is 0 Å². The Morgan fingerprint density at radius 1 is 1.04 bits per heavy atom. The minimum Gasteiger partial charge on any atom is -0.351 e. The fourth-order valence-electron chi connectivity index (χ4n) is 4.53. The molecule has 0 spiro atoms. The van der Waals surface area contributed by atoms with Crippen LogP contribution in [-0.2, 0) is 0 Å². The second-order valence-corrected chi connectivity index (χ2v) is 8.15. The topological polar surface area (TPSA) is 33.1 Å². The lowest BCUT2D eigenvalue weighted by Gasteiger charge is -2.28. The molecule has 2 atom stereocenters. The molecule has 0 radical (unpaired) electrons. The quantitative estimate of drug-likeness (QED) is 0.637. The summed E-state index contributed by atoms with van der Waals surface area (Å²) in [5, 5.41) is 4.31. The molecule has 0 amide bonds. The van der Waals surface area contributed by atoms with Crippen molar-refractivity contribution in [2.24, 2.45) is 0 Å². The summed E-state index contributed by atoms with van der Waals surface area (Å²) in [7, 11) is 0. The van der Waals surface area contributed by atoms with Crippen molar-refractivity contribution < 1.29 is 0 Å². The van der Waals surface area contributed by atoms with Gasteiger partial charge in [0.1, 0.15) is 0 Å². The summed E-state index contributed by atoms with van der Waals surface area (Å²) in [4.78, 5) is 6.91. The van der Waals surface area contributed by atoms with E-state index in [1.807, 2.05) is 24.4 Å². The number of rotatable bonds is 4. The van der Waals surface area contributed by atoms with Crippen LogP contribution in [0.1, 0.15) is 53.6 Å². The summed E-state index contributed by atoms with van der Waals surface area (Å²) in [5.74, 6) is 0. The molecule has 5 rings (SSSR count). The molecule has 4 nitrogen and oxygen atoms in total. The first-order valence-corrected chi connectivity index (χ1v) is 10.3. The van der Waals surface area contributed by atoms with Gasteiger partial charge in [-0.25, -0.2) is 0 Å². The van der Waals surface area contributed by atoms with Crippen LogP contribution in [0.4, 0.5) is 5.69 Å². The molecule has 1 saturated carbocycles. The van der Waals surface area contributed by atoms with Crippen LogP contribution >= 0.6 is 12.2 Å². The molecule has 3 aromatic rings. The van der Waals surface area contributed by atoms with Crippen LogP contribution in [0.25, 0.3) is 0 Å². The van der Waals surface area contributed by atoms with E-state index in [2.05, 4.69) is 70.0 Å². The molecule has 142 valence electrons. The van der Waals surface area contributed by atoms with Crippen LogP contribution in [0, 0.1) is 13.8 Å². The van der Waals surface area contributed by atoms with Crippen molar-refractivity contribution in [3.05, 3.63) is 83.4 Å². The molecular weight excluding hydrogens is 364 g/mol. The van der Waals surface area contributed by atoms with E-state index >= 15 is 0 Å². The Labute approximate surface area is 171 Å². The number of hydrogen-bond donors (Lipinski definition) is 1. The zero-order chi connectivity index (χ0) is 19.3. The Kier molecular flexibility index (Phi) is 4.20. The highest BCUT2D eigenvalue weighted by atomic mass is 32.1. The van der Waals surface area contributed by atoms with Gasteiger partial charge in [-0.2, -0.15) is 0 Å². The van der Waals surface area contributed by atoms with Gasteiger partial charge in [0, 0.05) is 29.3 Å². The molecular formula is C23H24N4S. The Balaban J connectivity index is 1.66. The minimum atomic E-state index is 0.0158. The van der Waals surface area contributed by atoms with Gasteiger partial charge < -0.3 is 14.8 Å². The number of benzene rings is 1. The average molecular weight is 389 g/mol. The number of pyridine rings is 1. The number of aromatic nitrogens is 2. The van der Waals surface area contributed by atoms with Crippen molar-refractivity contribution in [1.82, 2.24) is 14.9 Å². The minimum absolute atomic E-state index is 0.0158. The Morgan fingerprint density at radius 3 is 2.46 bits per heavy atom. The van der Waals surface area contributed by atoms with Crippen molar-refractivity contribution in [1.29, 1.82) is 0 Å². The summed E-state index contributed by atoms with van der Waals surface area (Å²) in [6.07, 6.45) is 4.42. The van der Waals surface area contributed by atoms with Gasteiger partial charge in [0.25, 0.3) is 0 Å². The number of para-hydroxylation sites is 1. The van der Waals surface area contributed by atoms with Gasteiger partial charge in [0.2, 0.25) is 0 Å². The highest BCUT2D eigenvalue weighted by Gasteiger charge is 2.42. The maximum Gasteiger partial charge on any atom is 0.174 e. The molecule has 1 saturated heterocycles. The number of hydrogen-bond acceptors (Lipinski definition) is 2. The lowest BCUT2D eigenvalue weighted by atomic mass is 9.96. The zero-order valence-corrected chi connectivity index (χ0v) is 17.0. The molecule has 1 aliphatic carbocycles. The molecule has 2 fully saturated rings. The number of nitrogens with one attached hydrogen (secondary N) is 1. The third-order valence-corrected chi connectivity index (χ3v) is 6.20. The Hall–Kier alpha value is -2.66. The highest BCUT2D eigenvalue weighted by Crippen LogP contribution is 2.45. The highest BCUT2D eigenvalue weighted by molar-refractivity contribution is 7.80. The van der Waals surface area contributed by atoms with E-state index in [0.29, 0.717) is 6.04 Å². The summed E-state index contributed by atoms with van der Waals surface area (Å²) in [5.41, 5.74) is 6.14. The fraction of sp³-hybridized carbons (Fsp3) is 0.304. The first kappa shape index (κ1) is 17.4. The maximum atomic E-state index is 5.80. The van der Waals surface area contributed by atoms with E-state index in [9.17, 15) is 0 Å². The first-order valence-electron chi connectivity index (χ1n) is 9.89. The predicted molar refractivity (Wildman–Crippen MR) is 117 cm³/mol. The maximum absolute atomic E-state index is 5.80. The van der Waals surface area contributed by atoms with Crippen molar-refractivity contribution in [2.75, 3.05) is 4.90 Å². The van der Waals surface area contributed by atoms with Crippen molar-refractivity contribution >= 4 is 23.0 Å².